The molecule has 1 N–H and O–H groups in total. The van der Waals surface area contributed by atoms with Gasteiger partial charge in [-0.05, 0) is 30.0 Å². The van der Waals surface area contributed by atoms with Crippen LogP contribution in [0.2, 0.25) is 0 Å². The Morgan fingerprint density at radius 2 is 1.70 bits per heavy atom. The maximum Gasteiger partial charge on any atom is 0.328 e. The minimum atomic E-state index is -0.771. The molecule has 0 spiro atoms. The Morgan fingerprint density at radius 1 is 1.04 bits per heavy atom. The first-order valence-corrected chi connectivity index (χ1v) is 8.54. The van der Waals surface area contributed by atoms with E-state index in [9.17, 15) is 14.4 Å². The van der Waals surface area contributed by atoms with Crippen LogP contribution in [0.5, 0.6) is 11.5 Å². The van der Waals surface area contributed by atoms with Gasteiger partial charge in [-0.1, -0.05) is 19.9 Å². The fourth-order valence-electron chi connectivity index (χ4n) is 2.42. The molecule has 27 heavy (non-hydrogen) atoms. The summed E-state index contributed by atoms with van der Waals surface area (Å²) in [7, 11) is 4.27. The van der Waals surface area contributed by atoms with Crippen LogP contribution in [0.25, 0.3) is 0 Å². The van der Waals surface area contributed by atoms with E-state index in [1.54, 1.807) is 18.2 Å². The number of esters is 2. The van der Waals surface area contributed by atoms with Crippen LogP contribution in [0.3, 0.4) is 0 Å². The summed E-state index contributed by atoms with van der Waals surface area (Å²) in [5, 5.41) is 2.52. The lowest BCUT2D eigenvalue weighted by atomic mass is 10.0. The van der Waals surface area contributed by atoms with Crippen molar-refractivity contribution in [2.45, 2.75) is 32.7 Å². The molecule has 0 fully saturated rings. The van der Waals surface area contributed by atoms with E-state index in [1.807, 2.05) is 13.8 Å². The van der Waals surface area contributed by atoms with E-state index in [1.165, 1.54) is 21.3 Å². The number of amides is 1. The Hall–Kier alpha value is -2.77. The van der Waals surface area contributed by atoms with Crippen molar-refractivity contribution in [2.24, 2.45) is 5.92 Å². The van der Waals surface area contributed by atoms with Gasteiger partial charge >= 0.3 is 11.9 Å². The molecule has 1 aromatic rings. The number of ether oxygens (including phenoxy) is 4. The Bertz CT molecular complexity index is 657. The zero-order valence-electron chi connectivity index (χ0n) is 16.4. The Balaban J connectivity index is 2.55. The third-order valence-corrected chi connectivity index (χ3v) is 3.69. The molecule has 0 saturated carbocycles. The van der Waals surface area contributed by atoms with E-state index in [0.29, 0.717) is 23.5 Å². The molecular formula is C19H27NO7. The first kappa shape index (κ1) is 22.3. The standard InChI is InChI=1S/C19H27NO7/c1-12(2)8-14(19(23)26-5)20-17(21)11-27-18(22)10-13-6-7-15(24-3)16(9-13)25-4/h6-7,9,12,14H,8,10-11H2,1-5H3,(H,20,21)/t14-/m0/s1. The quantitative estimate of drug-likeness (QED) is 0.613. The van der Waals surface area contributed by atoms with Gasteiger partial charge in [0, 0.05) is 0 Å². The number of hydrogen-bond acceptors (Lipinski definition) is 7. The van der Waals surface area contributed by atoms with Gasteiger partial charge in [0.05, 0.1) is 27.8 Å². The van der Waals surface area contributed by atoms with Crippen LogP contribution >= 0.6 is 0 Å². The zero-order valence-corrected chi connectivity index (χ0v) is 16.4. The predicted molar refractivity (Wildman–Crippen MR) is 97.6 cm³/mol. The van der Waals surface area contributed by atoms with Gasteiger partial charge in [-0.15, -0.1) is 0 Å². The minimum Gasteiger partial charge on any atom is -0.493 e. The van der Waals surface area contributed by atoms with Crippen molar-refractivity contribution in [3.8, 4) is 11.5 Å². The smallest absolute Gasteiger partial charge is 0.328 e. The fraction of sp³-hybridized carbons (Fsp3) is 0.526. The molecule has 1 aromatic carbocycles. The topological polar surface area (TPSA) is 100 Å². The number of rotatable bonds is 10. The monoisotopic (exact) mass is 381 g/mol. The SMILES string of the molecule is COC(=O)[C@H](CC(C)C)NC(=O)COC(=O)Cc1ccc(OC)c(OC)c1. The lowest BCUT2D eigenvalue weighted by Gasteiger charge is -2.18. The number of benzene rings is 1. The molecule has 0 unspecified atom stereocenters. The molecule has 150 valence electrons. The van der Waals surface area contributed by atoms with Crippen LogP contribution in [-0.2, 0) is 30.3 Å². The van der Waals surface area contributed by atoms with Crippen molar-refractivity contribution in [3.63, 3.8) is 0 Å². The summed E-state index contributed by atoms with van der Waals surface area (Å²) >= 11 is 0. The Labute approximate surface area is 159 Å². The third-order valence-electron chi connectivity index (χ3n) is 3.69. The van der Waals surface area contributed by atoms with E-state index < -0.39 is 30.5 Å². The van der Waals surface area contributed by atoms with Crippen LogP contribution in [0.1, 0.15) is 25.8 Å². The second kappa shape index (κ2) is 11.1. The first-order valence-electron chi connectivity index (χ1n) is 8.54. The summed E-state index contributed by atoms with van der Waals surface area (Å²) in [5.41, 5.74) is 0.658. The summed E-state index contributed by atoms with van der Waals surface area (Å²) < 4.78 is 20.0. The molecule has 1 rings (SSSR count). The first-order chi connectivity index (χ1) is 12.8. The highest BCUT2D eigenvalue weighted by Gasteiger charge is 2.23. The maximum atomic E-state index is 12.0. The van der Waals surface area contributed by atoms with Gasteiger partial charge in [0.1, 0.15) is 6.04 Å². The average Bonchev–Trinajstić information content (AvgIpc) is 2.64. The molecule has 1 amide bonds. The van der Waals surface area contributed by atoms with Gasteiger partial charge in [0.25, 0.3) is 5.91 Å². The van der Waals surface area contributed by atoms with Crippen molar-refractivity contribution >= 4 is 17.8 Å². The van der Waals surface area contributed by atoms with Gasteiger partial charge in [-0.2, -0.15) is 0 Å². The predicted octanol–water partition coefficient (Wildman–Crippen LogP) is 1.49. The van der Waals surface area contributed by atoms with E-state index in [4.69, 9.17) is 14.2 Å². The highest BCUT2D eigenvalue weighted by molar-refractivity contribution is 5.86. The van der Waals surface area contributed by atoms with Crippen molar-refractivity contribution in [2.75, 3.05) is 27.9 Å². The minimum absolute atomic E-state index is 0.0277. The third kappa shape index (κ3) is 7.55. The molecule has 0 heterocycles. The van der Waals surface area contributed by atoms with Crippen molar-refractivity contribution < 1.29 is 33.3 Å². The molecule has 0 aliphatic heterocycles. The molecule has 8 nitrogen and oxygen atoms in total. The van der Waals surface area contributed by atoms with Gasteiger partial charge in [-0.25, -0.2) is 4.79 Å². The fourth-order valence-corrected chi connectivity index (χ4v) is 2.42. The van der Waals surface area contributed by atoms with Crippen LogP contribution in [-0.4, -0.2) is 51.8 Å². The lowest BCUT2D eigenvalue weighted by Crippen LogP contribution is -2.44. The number of methoxy groups -OCH3 is 3. The van der Waals surface area contributed by atoms with Crippen molar-refractivity contribution in [1.29, 1.82) is 0 Å². The highest BCUT2D eigenvalue weighted by Crippen LogP contribution is 2.27. The molecule has 0 bridgehead atoms. The Kier molecular flexibility index (Phi) is 9.12. The van der Waals surface area contributed by atoms with Crippen LogP contribution in [0.4, 0.5) is 0 Å². The average molecular weight is 381 g/mol. The summed E-state index contributed by atoms with van der Waals surface area (Å²) in [6.45, 7) is 3.37. The second-order valence-corrected chi connectivity index (χ2v) is 6.30. The van der Waals surface area contributed by atoms with Gasteiger partial charge < -0.3 is 24.3 Å². The highest BCUT2D eigenvalue weighted by atomic mass is 16.5. The molecule has 0 aromatic heterocycles. The van der Waals surface area contributed by atoms with Gasteiger partial charge in [0.2, 0.25) is 0 Å². The lowest BCUT2D eigenvalue weighted by molar-refractivity contribution is -0.150. The van der Waals surface area contributed by atoms with Gasteiger partial charge in [0.15, 0.2) is 18.1 Å². The number of carbonyl (C=O) groups excluding carboxylic acids is 3. The molecular weight excluding hydrogens is 354 g/mol. The van der Waals surface area contributed by atoms with E-state index in [-0.39, 0.29) is 12.3 Å². The molecule has 0 radical (unpaired) electrons. The van der Waals surface area contributed by atoms with Crippen LogP contribution in [0.15, 0.2) is 18.2 Å². The van der Waals surface area contributed by atoms with E-state index in [0.717, 1.165) is 0 Å². The van der Waals surface area contributed by atoms with E-state index >= 15 is 0 Å². The van der Waals surface area contributed by atoms with Crippen molar-refractivity contribution in [1.82, 2.24) is 5.32 Å². The summed E-state index contributed by atoms with van der Waals surface area (Å²) in [4.78, 5) is 35.6. The normalized spacial score (nSPS) is 11.5. The molecule has 0 saturated heterocycles. The van der Waals surface area contributed by atoms with Gasteiger partial charge in [-0.3, -0.25) is 9.59 Å². The van der Waals surface area contributed by atoms with E-state index in [2.05, 4.69) is 10.1 Å². The molecule has 0 aliphatic rings. The summed E-state index contributed by atoms with van der Waals surface area (Å²) in [5.74, 6) is -0.443. The largest absolute Gasteiger partial charge is 0.493 e. The van der Waals surface area contributed by atoms with Crippen LogP contribution < -0.4 is 14.8 Å². The Morgan fingerprint density at radius 3 is 2.26 bits per heavy atom. The van der Waals surface area contributed by atoms with Crippen molar-refractivity contribution in [3.05, 3.63) is 23.8 Å². The zero-order chi connectivity index (χ0) is 20.4. The molecule has 0 aliphatic carbocycles. The molecule has 8 heteroatoms. The number of carbonyl (C=O) groups is 3. The maximum absolute atomic E-state index is 12.0. The number of nitrogens with one attached hydrogen (secondary N) is 1. The molecule has 1 atom stereocenters. The second-order valence-electron chi connectivity index (χ2n) is 6.30. The number of hydrogen-bond donors (Lipinski definition) is 1. The summed E-state index contributed by atoms with van der Waals surface area (Å²) in [6.07, 6.45) is 0.401. The summed E-state index contributed by atoms with van der Waals surface area (Å²) in [6, 6.07) is 4.28. The van der Waals surface area contributed by atoms with Crippen LogP contribution in [0, 0.1) is 5.92 Å².